The van der Waals surface area contributed by atoms with Crippen LogP contribution in [0.15, 0.2) is 91.0 Å². The second kappa shape index (κ2) is 11.3. The lowest BCUT2D eigenvalue weighted by Crippen LogP contribution is -2.04. The summed E-state index contributed by atoms with van der Waals surface area (Å²) in [5.41, 5.74) is 10.1. The highest BCUT2D eigenvalue weighted by atomic mass is 35.5. The van der Waals surface area contributed by atoms with Crippen LogP contribution in [0.2, 0.25) is 0 Å². The van der Waals surface area contributed by atoms with Crippen LogP contribution >= 0.6 is 12.4 Å². The third kappa shape index (κ3) is 5.84. The Hall–Kier alpha value is -3.41. The molecule has 1 heterocycles. The van der Waals surface area contributed by atoms with Gasteiger partial charge in [0.2, 0.25) is 11.8 Å². The van der Waals surface area contributed by atoms with Crippen molar-refractivity contribution in [2.24, 2.45) is 5.73 Å². The van der Waals surface area contributed by atoms with Gasteiger partial charge in [0.05, 0.1) is 0 Å². The molecule has 0 spiro atoms. The molecule has 32 heavy (non-hydrogen) atoms. The lowest BCUT2D eigenvalue weighted by atomic mass is 10.0. The Bertz CT molecular complexity index is 1140. The Morgan fingerprint density at radius 2 is 1.34 bits per heavy atom. The summed E-state index contributed by atoms with van der Waals surface area (Å²) in [6.07, 6.45) is 0. The molecule has 0 bridgehead atoms. The summed E-state index contributed by atoms with van der Waals surface area (Å²) >= 11 is 0. The summed E-state index contributed by atoms with van der Waals surface area (Å²) in [5, 5.41) is 0. The third-order valence-electron chi connectivity index (χ3n) is 4.86. The van der Waals surface area contributed by atoms with E-state index < -0.39 is 0 Å². The van der Waals surface area contributed by atoms with Gasteiger partial charge in [0.1, 0.15) is 19.0 Å². The van der Waals surface area contributed by atoms with E-state index in [9.17, 15) is 4.39 Å². The van der Waals surface area contributed by atoms with E-state index in [1.807, 2.05) is 66.7 Å². The van der Waals surface area contributed by atoms with Gasteiger partial charge in [-0.2, -0.15) is 4.98 Å². The first-order valence-corrected chi connectivity index (χ1v) is 10.1. The van der Waals surface area contributed by atoms with Crippen molar-refractivity contribution in [2.75, 3.05) is 0 Å². The number of ether oxygens (including phenoxy) is 2. The molecular weight excluding hydrogens is 427 g/mol. The minimum atomic E-state index is -0.342. The van der Waals surface area contributed by atoms with E-state index in [1.54, 1.807) is 12.1 Å². The number of rotatable bonds is 8. The molecule has 6 heteroatoms. The summed E-state index contributed by atoms with van der Waals surface area (Å²) in [6, 6.07) is 27.8. The topological polar surface area (TPSA) is 57.4 Å². The molecule has 0 aliphatic rings. The molecule has 4 aromatic rings. The predicted octanol–water partition coefficient (Wildman–Crippen LogP) is 5.93. The van der Waals surface area contributed by atoms with E-state index in [-0.39, 0.29) is 24.8 Å². The maximum absolute atomic E-state index is 14.0. The van der Waals surface area contributed by atoms with Crippen LogP contribution in [0.3, 0.4) is 0 Å². The van der Waals surface area contributed by atoms with Crippen LogP contribution in [0, 0.1) is 5.82 Å². The highest BCUT2D eigenvalue weighted by Crippen LogP contribution is 2.34. The number of hydrogen-bond acceptors (Lipinski definition) is 4. The van der Waals surface area contributed by atoms with Gasteiger partial charge in [0.25, 0.3) is 0 Å². The average Bonchev–Trinajstić information content (AvgIpc) is 2.83. The van der Waals surface area contributed by atoms with Crippen molar-refractivity contribution in [2.45, 2.75) is 19.8 Å². The lowest BCUT2D eigenvalue weighted by molar-refractivity contribution is 0.268. The molecule has 0 radical (unpaired) electrons. The normalized spacial score (nSPS) is 10.3. The van der Waals surface area contributed by atoms with Crippen LogP contribution in [-0.4, -0.2) is 4.98 Å². The average molecular weight is 451 g/mol. The zero-order chi connectivity index (χ0) is 21.5. The van der Waals surface area contributed by atoms with Gasteiger partial charge in [-0.3, -0.25) is 0 Å². The fraction of sp³-hybridized carbons (Fsp3) is 0.115. The number of hydrogen-bond donors (Lipinski definition) is 1. The third-order valence-corrected chi connectivity index (χ3v) is 4.86. The van der Waals surface area contributed by atoms with E-state index in [4.69, 9.17) is 15.2 Å². The quantitative estimate of drug-likeness (QED) is 0.361. The minimum Gasteiger partial charge on any atom is -0.473 e. The Balaban J connectivity index is 0.00000289. The monoisotopic (exact) mass is 450 g/mol. The Morgan fingerprint density at radius 3 is 1.97 bits per heavy atom. The van der Waals surface area contributed by atoms with Gasteiger partial charge in [-0.1, -0.05) is 66.7 Å². The SMILES string of the molecule is Cl.NCc1ccc(F)cc1-c1ccc(OCc2ccccc2)nc1OCc1ccccc1. The maximum Gasteiger partial charge on any atom is 0.225 e. The zero-order valence-corrected chi connectivity index (χ0v) is 18.2. The molecule has 0 atom stereocenters. The Labute approximate surface area is 193 Å². The molecule has 4 rings (SSSR count). The minimum absolute atomic E-state index is 0. The van der Waals surface area contributed by atoms with Crippen molar-refractivity contribution >= 4 is 12.4 Å². The maximum atomic E-state index is 14.0. The van der Waals surface area contributed by atoms with Crippen LogP contribution in [0.25, 0.3) is 11.1 Å². The van der Waals surface area contributed by atoms with Gasteiger partial charge in [-0.15, -0.1) is 12.4 Å². The highest BCUT2D eigenvalue weighted by Gasteiger charge is 2.15. The Morgan fingerprint density at radius 1 is 0.719 bits per heavy atom. The first kappa shape index (κ1) is 23.3. The molecule has 0 fully saturated rings. The molecule has 0 aliphatic heterocycles. The summed E-state index contributed by atoms with van der Waals surface area (Å²) in [6.45, 7) is 0.996. The van der Waals surface area contributed by atoms with Gasteiger partial charge in [0.15, 0.2) is 0 Å². The van der Waals surface area contributed by atoms with Crippen LogP contribution in [0.5, 0.6) is 11.8 Å². The number of nitrogens with zero attached hydrogens (tertiary/aromatic N) is 1. The smallest absolute Gasteiger partial charge is 0.225 e. The van der Waals surface area contributed by atoms with Crippen molar-refractivity contribution in [3.05, 3.63) is 114 Å². The van der Waals surface area contributed by atoms with Gasteiger partial charge in [-0.25, -0.2) is 4.39 Å². The fourth-order valence-corrected chi connectivity index (χ4v) is 3.25. The summed E-state index contributed by atoms with van der Waals surface area (Å²) in [5.74, 6) is 0.460. The lowest BCUT2D eigenvalue weighted by Gasteiger charge is -2.15. The standard InChI is InChI=1S/C26H23FN2O2.ClH/c27-22-12-11-21(16-28)24(15-22)23-13-14-25(30-17-19-7-3-1-4-8-19)29-26(23)31-18-20-9-5-2-6-10-20;/h1-15H,16-18,28H2;1H. The molecule has 0 amide bonds. The molecule has 2 N–H and O–H groups in total. The summed E-state index contributed by atoms with van der Waals surface area (Å²) < 4.78 is 25.9. The van der Waals surface area contributed by atoms with Crippen molar-refractivity contribution in [3.8, 4) is 22.9 Å². The molecule has 3 aromatic carbocycles. The summed E-state index contributed by atoms with van der Waals surface area (Å²) in [4.78, 5) is 4.58. The molecule has 0 unspecified atom stereocenters. The van der Waals surface area contributed by atoms with Crippen molar-refractivity contribution in [1.82, 2.24) is 4.98 Å². The largest absolute Gasteiger partial charge is 0.473 e. The summed E-state index contributed by atoms with van der Waals surface area (Å²) in [7, 11) is 0. The second-order valence-corrected chi connectivity index (χ2v) is 7.06. The van der Waals surface area contributed by atoms with Gasteiger partial charge in [0, 0.05) is 18.2 Å². The van der Waals surface area contributed by atoms with Crippen LogP contribution < -0.4 is 15.2 Å². The molecule has 0 aliphatic carbocycles. The van der Waals surface area contributed by atoms with E-state index >= 15 is 0 Å². The predicted molar refractivity (Wildman–Crippen MR) is 126 cm³/mol. The number of aromatic nitrogens is 1. The van der Waals surface area contributed by atoms with Crippen molar-refractivity contribution in [1.29, 1.82) is 0 Å². The number of benzene rings is 3. The highest BCUT2D eigenvalue weighted by molar-refractivity contribution is 5.85. The van der Waals surface area contributed by atoms with Crippen molar-refractivity contribution < 1.29 is 13.9 Å². The number of nitrogens with two attached hydrogens (primary N) is 1. The zero-order valence-electron chi connectivity index (χ0n) is 17.4. The first-order valence-electron chi connectivity index (χ1n) is 10.1. The second-order valence-electron chi connectivity index (χ2n) is 7.06. The van der Waals surface area contributed by atoms with Gasteiger partial charge < -0.3 is 15.2 Å². The van der Waals surface area contributed by atoms with E-state index in [2.05, 4.69) is 4.98 Å². The van der Waals surface area contributed by atoms with Gasteiger partial charge >= 0.3 is 0 Å². The molecule has 1 aromatic heterocycles. The van der Waals surface area contributed by atoms with E-state index in [0.29, 0.717) is 36.1 Å². The van der Waals surface area contributed by atoms with E-state index in [0.717, 1.165) is 16.7 Å². The van der Waals surface area contributed by atoms with Crippen LogP contribution in [0.4, 0.5) is 4.39 Å². The number of halogens is 2. The van der Waals surface area contributed by atoms with Crippen molar-refractivity contribution in [3.63, 3.8) is 0 Å². The molecule has 4 nitrogen and oxygen atoms in total. The fourth-order valence-electron chi connectivity index (χ4n) is 3.25. The molecule has 164 valence electrons. The molecular formula is C26H24ClFN2O2. The van der Waals surface area contributed by atoms with E-state index in [1.165, 1.54) is 12.1 Å². The van der Waals surface area contributed by atoms with Crippen LogP contribution in [-0.2, 0) is 19.8 Å². The Kier molecular flexibility index (Phi) is 8.20. The van der Waals surface area contributed by atoms with Gasteiger partial charge in [-0.05, 0) is 40.5 Å². The number of pyridine rings is 1. The van der Waals surface area contributed by atoms with Crippen LogP contribution in [0.1, 0.15) is 16.7 Å². The first-order chi connectivity index (χ1) is 15.2. The molecule has 0 saturated heterocycles. The molecule has 0 saturated carbocycles.